The Morgan fingerprint density at radius 1 is 0.875 bits per heavy atom. The molecule has 4 nitrogen and oxygen atoms in total. The number of hydrogen-bond acceptors (Lipinski definition) is 4. The van der Waals surface area contributed by atoms with Crippen LogP contribution in [0.3, 0.4) is 0 Å². The first-order valence-electron chi connectivity index (χ1n) is 6.82. The van der Waals surface area contributed by atoms with Crippen LogP contribution in [-0.4, -0.2) is 18.9 Å². The molecule has 0 amide bonds. The number of rotatable bonds is 2. The molecule has 1 aliphatic rings. The molecule has 24 heavy (non-hydrogen) atoms. The van der Waals surface area contributed by atoms with Gasteiger partial charge in [-0.15, -0.1) is 0 Å². The van der Waals surface area contributed by atoms with Gasteiger partial charge < -0.3 is 4.18 Å². The van der Waals surface area contributed by atoms with Gasteiger partial charge >= 0.3 is 15.6 Å². The summed E-state index contributed by atoms with van der Waals surface area (Å²) in [6, 6.07) is 11.9. The third-order valence-corrected chi connectivity index (χ3v) is 4.81. The summed E-state index contributed by atoms with van der Waals surface area (Å²) >= 11 is 0. The third kappa shape index (κ3) is 1.99. The normalized spacial score (nSPS) is 13.1. The molecule has 0 fully saturated rings. The highest BCUT2D eigenvalue weighted by molar-refractivity contribution is 7.88. The minimum absolute atomic E-state index is 0.0778. The number of nitrogens with zero attached hydrogens (tertiary/aromatic N) is 1. The van der Waals surface area contributed by atoms with Gasteiger partial charge in [0.15, 0.2) is 5.75 Å². The van der Waals surface area contributed by atoms with Crippen LogP contribution in [0.15, 0.2) is 48.7 Å². The average molecular weight is 351 g/mol. The van der Waals surface area contributed by atoms with Crippen LogP contribution < -0.4 is 4.18 Å². The molecular formula is C16H8F3NO3S. The largest absolute Gasteiger partial charge is 0.534 e. The molecule has 3 aromatic rings. The van der Waals surface area contributed by atoms with E-state index in [0.29, 0.717) is 5.39 Å². The Morgan fingerprint density at radius 3 is 2.12 bits per heavy atom. The van der Waals surface area contributed by atoms with Crippen LogP contribution in [0.1, 0.15) is 0 Å². The highest BCUT2D eigenvalue weighted by Gasteiger charge is 2.49. The van der Waals surface area contributed by atoms with Crippen molar-refractivity contribution in [3.8, 4) is 28.0 Å². The lowest BCUT2D eigenvalue weighted by atomic mass is 10.1. The Hall–Kier alpha value is -2.61. The number of benzene rings is 2. The zero-order chi connectivity index (χ0) is 17.1. The van der Waals surface area contributed by atoms with Crippen molar-refractivity contribution >= 4 is 21.0 Å². The predicted octanol–water partition coefficient (Wildman–Crippen LogP) is 4.11. The quantitative estimate of drug-likeness (QED) is 0.403. The van der Waals surface area contributed by atoms with Gasteiger partial charge in [0, 0.05) is 11.6 Å². The first kappa shape index (κ1) is 14.9. The number of pyridine rings is 1. The number of hydrogen-bond donors (Lipinski definition) is 0. The molecule has 2 aromatic carbocycles. The third-order valence-electron chi connectivity index (χ3n) is 3.85. The first-order chi connectivity index (χ1) is 11.3. The molecule has 0 spiro atoms. The summed E-state index contributed by atoms with van der Waals surface area (Å²) in [7, 11) is -5.75. The molecule has 0 N–H and O–H groups in total. The Balaban J connectivity index is 1.96. The highest BCUT2D eigenvalue weighted by Crippen LogP contribution is 2.48. The maximum Gasteiger partial charge on any atom is 0.534 e. The minimum Gasteiger partial charge on any atom is -0.374 e. The molecule has 0 radical (unpaired) electrons. The number of aromatic nitrogens is 1. The second-order valence-electron chi connectivity index (χ2n) is 5.22. The van der Waals surface area contributed by atoms with Crippen molar-refractivity contribution in [1.82, 2.24) is 4.98 Å². The van der Waals surface area contributed by atoms with E-state index in [1.165, 1.54) is 12.3 Å². The lowest BCUT2D eigenvalue weighted by Crippen LogP contribution is -2.28. The fourth-order valence-corrected chi connectivity index (χ4v) is 3.34. The smallest absolute Gasteiger partial charge is 0.374 e. The SMILES string of the molecule is O=S(=O)(Oc1ccc2c3c(ccnc13)-c1ccccc1-2)C(F)(F)F. The van der Waals surface area contributed by atoms with E-state index >= 15 is 0 Å². The molecule has 0 aliphatic heterocycles. The van der Waals surface area contributed by atoms with Crippen molar-refractivity contribution in [2.45, 2.75) is 5.51 Å². The topological polar surface area (TPSA) is 56.3 Å². The molecule has 1 aromatic heterocycles. The lowest BCUT2D eigenvalue weighted by Gasteiger charge is -2.11. The van der Waals surface area contributed by atoms with Crippen molar-refractivity contribution in [2.24, 2.45) is 0 Å². The van der Waals surface area contributed by atoms with Gasteiger partial charge in [0.1, 0.15) is 5.52 Å². The van der Waals surface area contributed by atoms with E-state index in [1.54, 1.807) is 12.1 Å². The summed E-state index contributed by atoms with van der Waals surface area (Å²) in [4.78, 5) is 4.04. The highest BCUT2D eigenvalue weighted by atomic mass is 32.2. The molecule has 0 saturated heterocycles. The molecular weight excluding hydrogens is 343 g/mol. The van der Waals surface area contributed by atoms with E-state index in [4.69, 9.17) is 0 Å². The van der Waals surface area contributed by atoms with Gasteiger partial charge in [0.05, 0.1) is 0 Å². The van der Waals surface area contributed by atoms with Crippen molar-refractivity contribution in [2.75, 3.05) is 0 Å². The predicted molar refractivity (Wildman–Crippen MR) is 81.8 cm³/mol. The molecule has 0 bridgehead atoms. The van der Waals surface area contributed by atoms with Gasteiger partial charge in [-0.25, -0.2) is 0 Å². The summed E-state index contributed by atoms with van der Waals surface area (Å²) in [5.41, 5.74) is -2.04. The molecule has 1 heterocycles. The van der Waals surface area contributed by atoms with Gasteiger partial charge in [-0.05, 0) is 40.5 Å². The van der Waals surface area contributed by atoms with E-state index in [2.05, 4.69) is 9.17 Å². The fourth-order valence-electron chi connectivity index (χ4n) is 2.88. The van der Waals surface area contributed by atoms with Gasteiger partial charge in [-0.2, -0.15) is 21.6 Å². The monoisotopic (exact) mass is 351 g/mol. The van der Waals surface area contributed by atoms with Crippen molar-refractivity contribution in [3.05, 3.63) is 48.7 Å². The van der Waals surface area contributed by atoms with Crippen molar-refractivity contribution in [1.29, 1.82) is 0 Å². The number of fused-ring (bicyclic) bond motifs is 3. The Kier molecular flexibility index (Phi) is 2.93. The van der Waals surface area contributed by atoms with Crippen LogP contribution in [0.2, 0.25) is 0 Å². The molecule has 8 heteroatoms. The minimum atomic E-state index is -5.75. The van der Waals surface area contributed by atoms with E-state index in [1.807, 2.05) is 24.3 Å². The number of alkyl halides is 3. The lowest BCUT2D eigenvalue weighted by molar-refractivity contribution is -0.0499. The standard InChI is InChI=1S/C16H8F3NO3S/c17-16(18,19)24(21,22)23-13-6-5-11-9-3-1-2-4-10(9)12-7-8-20-15(13)14(11)12/h1-8H. The second kappa shape index (κ2) is 4.70. The molecule has 0 saturated carbocycles. The average Bonchev–Trinajstić information content (AvgIpc) is 2.85. The van der Waals surface area contributed by atoms with Crippen molar-refractivity contribution in [3.63, 3.8) is 0 Å². The zero-order valence-corrected chi connectivity index (χ0v) is 12.6. The van der Waals surface area contributed by atoms with Crippen LogP contribution in [0, 0.1) is 0 Å². The van der Waals surface area contributed by atoms with E-state index < -0.39 is 21.4 Å². The fraction of sp³-hybridized carbons (Fsp3) is 0.0625. The summed E-state index contributed by atoms with van der Waals surface area (Å²) in [5.74, 6) is -0.444. The maximum atomic E-state index is 12.6. The first-order valence-corrected chi connectivity index (χ1v) is 8.23. The van der Waals surface area contributed by atoms with Crippen LogP contribution >= 0.6 is 0 Å². The van der Waals surface area contributed by atoms with Crippen LogP contribution in [0.25, 0.3) is 33.2 Å². The van der Waals surface area contributed by atoms with Crippen molar-refractivity contribution < 1.29 is 25.8 Å². The molecule has 4 rings (SSSR count). The van der Waals surface area contributed by atoms with Gasteiger partial charge in [0.25, 0.3) is 0 Å². The summed E-state index contributed by atoms with van der Waals surface area (Å²) in [6.07, 6.45) is 1.41. The molecule has 0 atom stereocenters. The van der Waals surface area contributed by atoms with E-state index in [0.717, 1.165) is 22.3 Å². The van der Waals surface area contributed by atoms with Crippen LogP contribution in [0.5, 0.6) is 5.75 Å². The molecule has 1 aliphatic carbocycles. The zero-order valence-electron chi connectivity index (χ0n) is 11.8. The number of halogens is 3. The van der Waals surface area contributed by atoms with Crippen LogP contribution in [0.4, 0.5) is 13.2 Å². The van der Waals surface area contributed by atoms with E-state index in [9.17, 15) is 21.6 Å². The molecule has 122 valence electrons. The van der Waals surface area contributed by atoms with Gasteiger partial charge in [-0.1, -0.05) is 24.3 Å². The maximum absolute atomic E-state index is 12.6. The Labute approximate surface area is 134 Å². The second-order valence-corrected chi connectivity index (χ2v) is 6.76. The summed E-state index contributed by atoms with van der Waals surface area (Å²) < 4.78 is 64.6. The Morgan fingerprint density at radius 2 is 1.50 bits per heavy atom. The Bertz CT molecular complexity index is 1060. The molecule has 0 unspecified atom stereocenters. The van der Waals surface area contributed by atoms with Crippen LogP contribution in [-0.2, 0) is 10.1 Å². The van der Waals surface area contributed by atoms with Gasteiger partial charge in [-0.3, -0.25) is 4.98 Å². The van der Waals surface area contributed by atoms with E-state index in [-0.39, 0.29) is 5.52 Å². The van der Waals surface area contributed by atoms with Gasteiger partial charge in [0.2, 0.25) is 0 Å². The summed E-state index contributed by atoms with van der Waals surface area (Å²) in [6.45, 7) is 0. The summed E-state index contributed by atoms with van der Waals surface area (Å²) in [5, 5.41) is 0.577.